The molecule has 0 aliphatic heterocycles. The fourth-order valence-electron chi connectivity index (χ4n) is 2.96. The SMILES string of the molecule is COc1cc(/C=C/C(=O)O[C@H](C)C(=O)c2[nH]c(C)c(C(C)=O)c2C)ccc1O. The molecule has 0 saturated heterocycles. The van der Waals surface area contributed by atoms with Crippen molar-refractivity contribution in [3.05, 3.63) is 52.4 Å². The number of esters is 1. The molecule has 2 aromatic rings. The molecular formula is C21H23NO6. The Balaban J connectivity index is 2.09. The van der Waals surface area contributed by atoms with E-state index in [0.717, 1.165) is 0 Å². The van der Waals surface area contributed by atoms with Crippen LogP contribution in [-0.4, -0.2) is 40.8 Å². The predicted molar refractivity (Wildman–Crippen MR) is 104 cm³/mol. The Morgan fingerprint density at radius 2 is 1.89 bits per heavy atom. The fraction of sp³-hybridized carbons (Fsp3) is 0.286. The van der Waals surface area contributed by atoms with E-state index >= 15 is 0 Å². The van der Waals surface area contributed by atoms with Gasteiger partial charge in [0.2, 0.25) is 5.78 Å². The van der Waals surface area contributed by atoms with E-state index in [1.165, 1.54) is 39.2 Å². The molecule has 2 N–H and O–H groups in total. The van der Waals surface area contributed by atoms with Gasteiger partial charge in [0.15, 0.2) is 23.4 Å². The summed E-state index contributed by atoms with van der Waals surface area (Å²) in [5.41, 5.74) is 2.50. The third kappa shape index (κ3) is 4.49. The maximum Gasteiger partial charge on any atom is 0.331 e. The number of aromatic hydroxyl groups is 1. The molecule has 0 spiro atoms. The van der Waals surface area contributed by atoms with Gasteiger partial charge in [0, 0.05) is 17.3 Å². The number of hydrogen-bond donors (Lipinski definition) is 2. The second kappa shape index (κ2) is 8.56. The van der Waals surface area contributed by atoms with Gasteiger partial charge in [-0.25, -0.2) is 4.79 Å². The molecule has 0 aliphatic carbocycles. The Morgan fingerprint density at radius 1 is 1.21 bits per heavy atom. The van der Waals surface area contributed by atoms with E-state index < -0.39 is 17.9 Å². The van der Waals surface area contributed by atoms with Crippen molar-refractivity contribution in [2.45, 2.75) is 33.8 Å². The van der Waals surface area contributed by atoms with E-state index in [4.69, 9.17) is 9.47 Å². The average molecular weight is 385 g/mol. The van der Waals surface area contributed by atoms with Gasteiger partial charge in [-0.2, -0.15) is 0 Å². The Morgan fingerprint density at radius 3 is 2.46 bits per heavy atom. The number of ketones is 2. The molecule has 1 heterocycles. The number of methoxy groups -OCH3 is 1. The molecule has 7 nitrogen and oxygen atoms in total. The van der Waals surface area contributed by atoms with Gasteiger partial charge in [-0.1, -0.05) is 6.07 Å². The Kier molecular flexibility index (Phi) is 6.41. The molecule has 0 aliphatic rings. The summed E-state index contributed by atoms with van der Waals surface area (Å²) in [6.45, 7) is 6.30. The van der Waals surface area contributed by atoms with E-state index in [2.05, 4.69) is 4.98 Å². The number of rotatable bonds is 7. The zero-order valence-corrected chi connectivity index (χ0v) is 16.5. The van der Waals surface area contributed by atoms with Gasteiger partial charge in [0.05, 0.1) is 12.8 Å². The predicted octanol–water partition coefficient (Wildman–Crippen LogP) is 3.38. The van der Waals surface area contributed by atoms with E-state index in [-0.39, 0.29) is 23.0 Å². The number of aryl methyl sites for hydroxylation is 1. The standard InChI is InChI=1S/C21H23NO6/c1-11-19(13(3)23)12(2)22-20(11)21(26)14(4)28-18(25)9-7-15-6-8-16(24)17(10-15)27-5/h6-10,14,22,24H,1-5H3/b9-7+/t14-/m1/s1. The second-order valence-corrected chi connectivity index (χ2v) is 6.39. The van der Waals surface area contributed by atoms with Crippen LogP contribution < -0.4 is 4.74 Å². The van der Waals surface area contributed by atoms with Crippen molar-refractivity contribution < 1.29 is 29.0 Å². The summed E-state index contributed by atoms with van der Waals surface area (Å²) >= 11 is 0. The largest absolute Gasteiger partial charge is 0.504 e. The molecule has 148 valence electrons. The highest BCUT2D eigenvalue weighted by Gasteiger charge is 2.25. The molecule has 7 heteroatoms. The third-order valence-corrected chi connectivity index (χ3v) is 4.31. The molecule has 28 heavy (non-hydrogen) atoms. The number of aromatic amines is 1. The van der Waals surface area contributed by atoms with Gasteiger partial charge in [0.1, 0.15) is 0 Å². The van der Waals surface area contributed by atoms with Crippen molar-refractivity contribution in [3.8, 4) is 11.5 Å². The van der Waals surface area contributed by atoms with Gasteiger partial charge in [-0.05, 0) is 57.0 Å². The highest BCUT2D eigenvalue weighted by Crippen LogP contribution is 2.26. The highest BCUT2D eigenvalue weighted by molar-refractivity contribution is 6.05. The summed E-state index contributed by atoms with van der Waals surface area (Å²) in [6.07, 6.45) is 1.64. The van der Waals surface area contributed by atoms with Crippen LogP contribution in [-0.2, 0) is 9.53 Å². The summed E-state index contributed by atoms with van der Waals surface area (Å²) in [4.78, 5) is 39.3. The Labute approximate surface area is 163 Å². The molecule has 0 unspecified atom stereocenters. The Bertz CT molecular complexity index is 954. The number of carbonyl (C=O) groups excluding carboxylic acids is 3. The van der Waals surface area contributed by atoms with Crippen LogP contribution in [0.2, 0.25) is 0 Å². The van der Waals surface area contributed by atoms with Gasteiger partial charge in [-0.15, -0.1) is 0 Å². The van der Waals surface area contributed by atoms with E-state index in [1.54, 1.807) is 26.0 Å². The number of phenols is 1. The second-order valence-electron chi connectivity index (χ2n) is 6.39. The number of benzene rings is 1. The van der Waals surface area contributed by atoms with E-state index in [1.807, 2.05) is 0 Å². The van der Waals surface area contributed by atoms with Crippen LogP contribution in [0.5, 0.6) is 11.5 Å². The molecule has 0 saturated carbocycles. The van der Waals surface area contributed by atoms with Crippen molar-refractivity contribution in [1.29, 1.82) is 0 Å². The molecular weight excluding hydrogens is 362 g/mol. The van der Waals surface area contributed by atoms with Crippen LogP contribution in [0.1, 0.15) is 51.5 Å². The first-order valence-electron chi connectivity index (χ1n) is 8.65. The lowest BCUT2D eigenvalue weighted by Gasteiger charge is -2.10. The van der Waals surface area contributed by atoms with Crippen LogP contribution in [0.4, 0.5) is 0 Å². The Hall–Kier alpha value is -3.35. The van der Waals surface area contributed by atoms with E-state index in [0.29, 0.717) is 22.4 Å². The summed E-state index contributed by atoms with van der Waals surface area (Å²) in [5.74, 6) is -0.982. The number of ether oxygens (including phenoxy) is 2. The van der Waals surface area contributed by atoms with Gasteiger partial charge in [-0.3, -0.25) is 9.59 Å². The number of phenolic OH excluding ortho intramolecular Hbond substituents is 1. The van der Waals surface area contributed by atoms with Gasteiger partial charge < -0.3 is 19.6 Å². The minimum Gasteiger partial charge on any atom is -0.504 e. The number of aromatic nitrogens is 1. The lowest BCUT2D eigenvalue weighted by Crippen LogP contribution is -2.24. The summed E-state index contributed by atoms with van der Waals surface area (Å²) < 4.78 is 10.2. The first-order chi connectivity index (χ1) is 13.1. The van der Waals surface area contributed by atoms with Crippen LogP contribution in [0.15, 0.2) is 24.3 Å². The van der Waals surface area contributed by atoms with Crippen molar-refractivity contribution >= 4 is 23.6 Å². The maximum atomic E-state index is 12.6. The molecule has 0 radical (unpaired) electrons. The monoisotopic (exact) mass is 385 g/mol. The smallest absolute Gasteiger partial charge is 0.331 e. The maximum absolute atomic E-state index is 12.6. The number of H-pyrrole nitrogens is 1. The minimum atomic E-state index is -1.02. The van der Waals surface area contributed by atoms with Gasteiger partial charge in [0.25, 0.3) is 0 Å². The molecule has 1 aromatic heterocycles. The molecule has 0 bridgehead atoms. The van der Waals surface area contributed by atoms with Crippen LogP contribution in [0.3, 0.4) is 0 Å². The van der Waals surface area contributed by atoms with Crippen molar-refractivity contribution in [1.82, 2.24) is 4.98 Å². The zero-order chi connectivity index (χ0) is 21.0. The zero-order valence-electron chi connectivity index (χ0n) is 16.5. The molecule has 1 aromatic carbocycles. The third-order valence-electron chi connectivity index (χ3n) is 4.31. The van der Waals surface area contributed by atoms with Crippen molar-refractivity contribution in [2.24, 2.45) is 0 Å². The van der Waals surface area contributed by atoms with Crippen LogP contribution >= 0.6 is 0 Å². The lowest BCUT2D eigenvalue weighted by molar-refractivity contribution is -0.140. The number of nitrogens with one attached hydrogen (secondary N) is 1. The molecule has 0 amide bonds. The normalized spacial score (nSPS) is 12.0. The molecule has 0 fully saturated rings. The molecule has 2 rings (SSSR count). The number of carbonyl (C=O) groups is 3. The summed E-state index contributed by atoms with van der Waals surface area (Å²) in [6, 6.07) is 4.60. The van der Waals surface area contributed by atoms with E-state index in [9.17, 15) is 19.5 Å². The van der Waals surface area contributed by atoms with Crippen LogP contribution in [0.25, 0.3) is 6.08 Å². The minimum absolute atomic E-state index is 0.0111. The number of Topliss-reactive ketones (excluding diaryl/α,β-unsaturated/α-hetero) is 2. The lowest BCUT2D eigenvalue weighted by atomic mass is 10.0. The van der Waals surface area contributed by atoms with Crippen molar-refractivity contribution in [2.75, 3.05) is 7.11 Å². The highest BCUT2D eigenvalue weighted by atomic mass is 16.5. The van der Waals surface area contributed by atoms with Gasteiger partial charge >= 0.3 is 5.97 Å². The average Bonchev–Trinajstić information content (AvgIpc) is 2.94. The number of hydrogen-bond acceptors (Lipinski definition) is 6. The topological polar surface area (TPSA) is 106 Å². The fourth-order valence-corrected chi connectivity index (χ4v) is 2.96. The summed E-state index contributed by atoms with van der Waals surface area (Å²) in [7, 11) is 1.42. The quantitative estimate of drug-likeness (QED) is 0.430. The van der Waals surface area contributed by atoms with Crippen LogP contribution in [0, 0.1) is 13.8 Å². The first kappa shape index (κ1) is 21.0. The molecule has 1 atom stereocenters. The first-order valence-corrected chi connectivity index (χ1v) is 8.65. The van der Waals surface area contributed by atoms with Crippen molar-refractivity contribution in [3.63, 3.8) is 0 Å². The summed E-state index contributed by atoms with van der Waals surface area (Å²) in [5, 5.41) is 9.58.